The van der Waals surface area contributed by atoms with Crippen LogP contribution in [0, 0.1) is 0 Å². The van der Waals surface area contributed by atoms with Crippen LogP contribution in [0.4, 0.5) is 5.69 Å². The van der Waals surface area contributed by atoms with Gasteiger partial charge in [0.25, 0.3) is 0 Å². The van der Waals surface area contributed by atoms with Crippen LogP contribution >= 0.6 is 0 Å². The summed E-state index contributed by atoms with van der Waals surface area (Å²) >= 11 is 0. The lowest BCUT2D eigenvalue weighted by molar-refractivity contribution is 0.598. The van der Waals surface area contributed by atoms with E-state index in [1.54, 1.807) is 18.3 Å². The van der Waals surface area contributed by atoms with Crippen LogP contribution < -0.4 is 5.14 Å². The van der Waals surface area contributed by atoms with E-state index in [2.05, 4.69) is 4.99 Å². The first-order valence-electron chi connectivity index (χ1n) is 5.28. The van der Waals surface area contributed by atoms with Crippen LogP contribution in [-0.2, 0) is 10.0 Å². The molecule has 0 saturated heterocycles. The van der Waals surface area contributed by atoms with Gasteiger partial charge in [0, 0.05) is 6.21 Å². The molecule has 0 aliphatic rings. The molecule has 0 unspecified atom stereocenters. The topological polar surface area (TPSA) is 72.5 Å². The first-order valence-corrected chi connectivity index (χ1v) is 6.82. The third kappa shape index (κ3) is 3.26. The van der Waals surface area contributed by atoms with Crippen molar-refractivity contribution in [3.05, 3.63) is 60.2 Å². The molecule has 5 heteroatoms. The Bertz CT molecular complexity index is 647. The standard InChI is InChI=1S/C13H12N2O2S/c14-18(16,17)13-8-6-11(7-9-13)10-15-12-4-2-1-3-5-12/h1-10H,(H2,14,16,17)/b15-10+. The minimum absolute atomic E-state index is 0.0966. The van der Waals surface area contributed by atoms with Crippen molar-refractivity contribution in [3.8, 4) is 0 Å². The van der Waals surface area contributed by atoms with Crippen molar-refractivity contribution in [2.75, 3.05) is 0 Å². The van der Waals surface area contributed by atoms with Crippen molar-refractivity contribution >= 4 is 21.9 Å². The average Bonchev–Trinajstić information content (AvgIpc) is 2.37. The minimum atomic E-state index is -3.63. The Hall–Kier alpha value is -1.98. The Morgan fingerprint density at radius 2 is 1.56 bits per heavy atom. The monoisotopic (exact) mass is 260 g/mol. The maximum Gasteiger partial charge on any atom is 0.238 e. The molecule has 0 bridgehead atoms. The SMILES string of the molecule is NS(=O)(=O)c1ccc(/C=N/c2ccccc2)cc1. The van der Waals surface area contributed by atoms with Crippen molar-refractivity contribution in [1.29, 1.82) is 0 Å². The zero-order valence-corrected chi connectivity index (χ0v) is 10.3. The molecule has 0 aliphatic carbocycles. The van der Waals surface area contributed by atoms with E-state index >= 15 is 0 Å². The number of rotatable bonds is 3. The number of hydrogen-bond donors (Lipinski definition) is 1. The number of para-hydroxylation sites is 1. The van der Waals surface area contributed by atoms with Crippen LogP contribution in [0.3, 0.4) is 0 Å². The number of hydrogen-bond acceptors (Lipinski definition) is 3. The summed E-state index contributed by atoms with van der Waals surface area (Å²) in [7, 11) is -3.63. The first-order chi connectivity index (χ1) is 8.55. The first kappa shape index (κ1) is 12.5. The quantitative estimate of drug-likeness (QED) is 0.858. The molecule has 0 radical (unpaired) electrons. The molecule has 0 saturated carbocycles. The van der Waals surface area contributed by atoms with Crippen molar-refractivity contribution in [3.63, 3.8) is 0 Å². The molecular formula is C13H12N2O2S. The smallest absolute Gasteiger partial charge is 0.238 e. The largest absolute Gasteiger partial charge is 0.256 e. The van der Waals surface area contributed by atoms with Gasteiger partial charge >= 0.3 is 0 Å². The highest BCUT2D eigenvalue weighted by Crippen LogP contribution is 2.11. The van der Waals surface area contributed by atoms with Gasteiger partial charge in [-0.15, -0.1) is 0 Å². The summed E-state index contributed by atoms with van der Waals surface area (Å²) in [5.74, 6) is 0. The molecule has 0 amide bonds. The molecule has 0 atom stereocenters. The van der Waals surface area contributed by atoms with Gasteiger partial charge in [0.2, 0.25) is 10.0 Å². The predicted molar refractivity (Wildman–Crippen MR) is 71.5 cm³/mol. The number of aliphatic imine (C=N–C) groups is 1. The summed E-state index contributed by atoms with van der Waals surface area (Å²) in [6.45, 7) is 0. The lowest BCUT2D eigenvalue weighted by atomic mass is 10.2. The van der Waals surface area contributed by atoms with Gasteiger partial charge in [-0.1, -0.05) is 30.3 Å². The summed E-state index contributed by atoms with van der Waals surface area (Å²) in [6, 6.07) is 15.7. The van der Waals surface area contributed by atoms with E-state index in [1.807, 2.05) is 30.3 Å². The number of nitrogens with zero attached hydrogens (tertiary/aromatic N) is 1. The van der Waals surface area contributed by atoms with Gasteiger partial charge in [0.15, 0.2) is 0 Å². The predicted octanol–water partition coefficient (Wildman–Crippen LogP) is 2.08. The lowest BCUT2D eigenvalue weighted by Gasteiger charge is -1.98. The summed E-state index contributed by atoms with van der Waals surface area (Å²) in [4.78, 5) is 4.36. The van der Waals surface area contributed by atoms with E-state index in [9.17, 15) is 8.42 Å². The van der Waals surface area contributed by atoms with Crippen LogP contribution in [0.2, 0.25) is 0 Å². The van der Waals surface area contributed by atoms with Gasteiger partial charge in [0.1, 0.15) is 0 Å². The van der Waals surface area contributed by atoms with Gasteiger partial charge < -0.3 is 0 Å². The van der Waals surface area contributed by atoms with Crippen molar-refractivity contribution in [2.45, 2.75) is 4.90 Å². The fraction of sp³-hybridized carbons (Fsp3) is 0. The van der Waals surface area contributed by atoms with E-state index in [4.69, 9.17) is 5.14 Å². The Morgan fingerprint density at radius 3 is 2.11 bits per heavy atom. The Morgan fingerprint density at radius 1 is 0.944 bits per heavy atom. The fourth-order valence-electron chi connectivity index (χ4n) is 1.41. The van der Waals surface area contributed by atoms with Crippen molar-refractivity contribution in [1.82, 2.24) is 0 Å². The van der Waals surface area contributed by atoms with Gasteiger partial charge in [-0.3, -0.25) is 4.99 Å². The second-order valence-corrected chi connectivity index (χ2v) is 5.27. The molecule has 2 aromatic carbocycles. The highest BCUT2D eigenvalue weighted by atomic mass is 32.2. The molecule has 2 rings (SSSR count). The molecule has 2 aromatic rings. The molecule has 2 N–H and O–H groups in total. The Labute approximate surface area is 106 Å². The fourth-order valence-corrected chi connectivity index (χ4v) is 1.92. The summed E-state index contributed by atoms with van der Waals surface area (Å²) < 4.78 is 22.1. The van der Waals surface area contributed by atoms with Crippen molar-refractivity contribution < 1.29 is 8.42 Å². The van der Waals surface area contributed by atoms with E-state index in [0.29, 0.717) is 0 Å². The maximum atomic E-state index is 11.1. The van der Waals surface area contributed by atoms with E-state index in [1.165, 1.54) is 12.1 Å². The summed E-state index contributed by atoms with van der Waals surface area (Å²) in [5, 5.41) is 5.01. The van der Waals surface area contributed by atoms with E-state index < -0.39 is 10.0 Å². The number of sulfonamides is 1. The highest BCUT2D eigenvalue weighted by Gasteiger charge is 2.05. The van der Waals surface area contributed by atoms with Crippen LogP contribution in [0.15, 0.2) is 64.5 Å². The van der Waals surface area contributed by atoms with Gasteiger partial charge in [-0.05, 0) is 29.8 Å². The third-order valence-electron chi connectivity index (χ3n) is 2.33. The van der Waals surface area contributed by atoms with Gasteiger partial charge in [-0.2, -0.15) is 0 Å². The van der Waals surface area contributed by atoms with Crippen molar-refractivity contribution in [2.24, 2.45) is 10.1 Å². The average molecular weight is 260 g/mol. The molecule has 0 heterocycles. The van der Waals surface area contributed by atoms with Gasteiger partial charge in [0.05, 0.1) is 10.6 Å². The molecule has 4 nitrogen and oxygen atoms in total. The van der Waals surface area contributed by atoms with E-state index in [0.717, 1.165) is 11.3 Å². The Kier molecular flexibility index (Phi) is 3.55. The number of benzene rings is 2. The normalized spacial score (nSPS) is 11.8. The molecule has 18 heavy (non-hydrogen) atoms. The molecular weight excluding hydrogens is 248 g/mol. The minimum Gasteiger partial charge on any atom is -0.256 e. The van der Waals surface area contributed by atoms with Gasteiger partial charge in [-0.25, -0.2) is 13.6 Å². The molecule has 0 fully saturated rings. The molecule has 0 aromatic heterocycles. The van der Waals surface area contributed by atoms with Crippen LogP contribution in [0.5, 0.6) is 0 Å². The molecule has 0 aliphatic heterocycles. The highest BCUT2D eigenvalue weighted by molar-refractivity contribution is 7.89. The second-order valence-electron chi connectivity index (χ2n) is 3.71. The lowest BCUT2D eigenvalue weighted by Crippen LogP contribution is -2.11. The molecule has 0 spiro atoms. The molecule has 92 valence electrons. The van der Waals surface area contributed by atoms with Crippen LogP contribution in [0.25, 0.3) is 0 Å². The maximum absolute atomic E-state index is 11.1. The Balaban J connectivity index is 2.19. The summed E-state index contributed by atoms with van der Waals surface area (Å²) in [6.07, 6.45) is 1.67. The number of nitrogens with two attached hydrogens (primary N) is 1. The summed E-state index contributed by atoms with van der Waals surface area (Å²) in [5.41, 5.74) is 1.65. The van der Waals surface area contributed by atoms with Crippen LogP contribution in [-0.4, -0.2) is 14.6 Å². The third-order valence-corrected chi connectivity index (χ3v) is 3.26. The number of primary sulfonamides is 1. The van der Waals surface area contributed by atoms with Crippen LogP contribution in [0.1, 0.15) is 5.56 Å². The van der Waals surface area contributed by atoms with E-state index in [-0.39, 0.29) is 4.90 Å². The zero-order valence-electron chi connectivity index (χ0n) is 9.52. The second kappa shape index (κ2) is 5.12. The zero-order chi connectivity index (χ0) is 13.0.